The van der Waals surface area contributed by atoms with E-state index >= 15 is 0 Å². The van der Waals surface area contributed by atoms with Gasteiger partial charge in [0.05, 0.1) is 10.1 Å². The lowest BCUT2D eigenvalue weighted by Crippen LogP contribution is -2.32. The Morgan fingerprint density at radius 2 is 2.17 bits per heavy atom. The van der Waals surface area contributed by atoms with E-state index in [1.54, 1.807) is 12.1 Å². The first-order chi connectivity index (χ1) is 8.44. The summed E-state index contributed by atoms with van der Waals surface area (Å²) in [5.41, 5.74) is 0. The molecule has 1 amide bonds. The number of rotatable bonds is 6. The molecule has 1 fully saturated rings. The molecule has 0 atom stereocenters. The van der Waals surface area contributed by atoms with Crippen LogP contribution in [-0.4, -0.2) is 26.6 Å². The van der Waals surface area contributed by atoms with Gasteiger partial charge in [0.2, 0.25) is 5.91 Å². The summed E-state index contributed by atoms with van der Waals surface area (Å²) in [6, 6.07) is 3.33. The highest BCUT2D eigenvalue weighted by atomic mass is 35.5. The number of amides is 1. The van der Waals surface area contributed by atoms with E-state index in [2.05, 4.69) is 5.32 Å². The smallest absolute Gasteiger partial charge is 0.235 e. The van der Waals surface area contributed by atoms with Crippen LogP contribution in [0.3, 0.4) is 0 Å². The normalized spacial score (nSPS) is 15.6. The molecule has 0 bridgehead atoms. The molecule has 1 heterocycles. The summed E-state index contributed by atoms with van der Waals surface area (Å²) in [6.45, 7) is 0.596. The Bertz CT molecular complexity index is 534. The third-order valence-electron chi connectivity index (χ3n) is 2.63. The third kappa shape index (κ3) is 4.59. The van der Waals surface area contributed by atoms with Gasteiger partial charge in [0.1, 0.15) is 5.75 Å². The van der Waals surface area contributed by atoms with Gasteiger partial charge < -0.3 is 5.32 Å². The minimum absolute atomic E-state index is 0.124. The second-order valence-corrected chi connectivity index (χ2v) is 8.35. The van der Waals surface area contributed by atoms with Crippen LogP contribution in [0, 0.1) is 5.92 Å². The van der Waals surface area contributed by atoms with Gasteiger partial charge in [-0.1, -0.05) is 11.6 Å². The first-order valence-electron chi connectivity index (χ1n) is 5.66. The summed E-state index contributed by atoms with van der Waals surface area (Å²) in [4.78, 5) is 12.1. The Morgan fingerprint density at radius 3 is 2.72 bits per heavy atom. The van der Waals surface area contributed by atoms with E-state index in [1.165, 1.54) is 11.3 Å². The van der Waals surface area contributed by atoms with Crippen molar-refractivity contribution in [1.82, 2.24) is 5.32 Å². The number of halogens is 1. The van der Waals surface area contributed by atoms with Crippen molar-refractivity contribution in [3.63, 3.8) is 0 Å². The van der Waals surface area contributed by atoms with Crippen molar-refractivity contribution in [1.29, 1.82) is 0 Å². The molecule has 100 valence electrons. The van der Waals surface area contributed by atoms with Crippen LogP contribution in [0.5, 0.6) is 0 Å². The molecule has 0 aromatic carbocycles. The average molecular weight is 308 g/mol. The summed E-state index contributed by atoms with van der Waals surface area (Å²) in [5.74, 6) is -0.437. The highest BCUT2D eigenvalue weighted by Gasteiger charge is 2.23. The van der Waals surface area contributed by atoms with E-state index < -0.39 is 21.5 Å². The molecule has 0 unspecified atom stereocenters. The molecule has 1 saturated carbocycles. The monoisotopic (exact) mass is 307 g/mol. The number of thiophene rings is 1. The minimum Gasteiger partial charge on any atom is -0.355 e. The van der Waals surface area contributed by atoms with E-state index in [9.17, 15) is 13.2 Å². The van der Waals surface area contributed by atoms with Crippen molar-refractivity contribution in [3.8, 4) is 0 Å². The zero-order chi connectivity index (χ0) is 13.2. The highest BCUT2D eigenvalue weighted by molar-refractivity contribution is 7.91. The summed E-state index contributed by atoms with van der Waals surface area (Å²) in [5, 5.41) is 2.65. The number of sulfone groups is 1. The van der Waals surface area contributed by atoms with Crippen LogP contribution in [0.4, 0.5) is 0 Å². The molecule has 2 rings (SSSR count). The first-order valence-corrected chi connectivity index (χ1v) is 8.67. The fourth-order valence-electron chi connectivity index (χ4n) is 1.53. The predicted octanol–water partition coefficient (Wildman–Crippen LogP) is 1.84. The molecule has 7 heteroatoms. The molecule has 1 N–H and O–H groups in total. The zero-order valence-corrected chi connectivity index (χ0v) is 12.1. The number of hydrogen-bond acceptors (Lipinski definition) is 4. The van der Waals surface area contributed by atoms with Crippen LogP contribution in [0.15, 0.2) is 12.1 Å². The van der Waals surface area contributed by atoms with Gasteiger partial charge in [-0.2, -0.15) is 0 Å². The molecule has 1 aromatic heterocycles. The lowest BCUT2D eigenvalue weighted by molar-refractivity contribution is -0.118. The van der Waals surface area contributed by atoms with E-state index in [0.717, 1.165) is 12.8 Å². The fourth-order valence-corrected chi connectivity index (χ4v) is 4.32. The van der Waals surface area contributed by atoms with E-state index in [0.29, 0.717) is 21.7 Å². The van der Waals surface area contributed by atoms with Crippen LogP contribution in [0.1, 0.15) is 17.7 Å². The Balaban J connectivity index is 1.83. The maximum atomic E-state index is 11.8. The van der Waals surface area contributed by atoms with Gasteiger partial charge in [-0.15, -0.1) is 11.3 Å². The summed E-state index contributed by atoms with van der Waals surface area (Å²) >= 11 is 6.96. The van der Waals surface area contributed by atoms with Gasteiger partial charge >= 0.3 is 0 Å². The summed E-state index contributed by atoms with van der Waals surface area (Å²) in [6.07, 6.45) is 2.25. The molecular formula is C11H14ClNO3S2. The molecule has 1 aliphatic carbocycles. The molecule has 4 nitrogen and oxygen atoms in total. The number of carbonyl (C=O) groups is 1. The first kappa shape index (κ1) is 13.8. The maximum absolute atomic E-state index is 11.8. The molecule has 0 radical (unpaired) electrons. The van der Waals surface area contributed by atoms with Gasteiger partial charge in [0.25, 0.3) is 0 Å². The average Bonchev–Trinajstić information content (AvgIpc) is 2.99. The lowest BCUT2D eigenvalue weighted by Gasteiger charge is -2.04. The van der Waals surface area contributed by atoms with Crippen molar-refractivity contribution in [2.24, 2.45) is 5.92 Å². The molecule has 0 aliphatic heterocycles. The van der Waals surface area contributed by atoms with Crippen molar-refractivity contribution < 1.29 is 13.2 Å². The zero-order valence-electron chi connectivity index (χ0n) is 9.69. The summed E-state index contributed by atoms with van der Waals surface area (Å²) in [7, 11) is -3.41. The number of carbonyl (C=O) groups excluding carboxylic acids is 1. The topological polar surface area (TPSA) is 63.2 Å². The Labute approximate surface area is 115 Å². The fraction of sp³-hybridized carbons (Fsp3) is 0.545. The lowest BCUT2D eigenvalue weighted by atomic mass is 10.4. The predicted molar refractivity (Wildman–Crippen MR) is 72.6 cm³/mol. The van der Waals surface area contributed by atoms with Gasteiger partial charge in [-0.25, -0.2) is 8.42 Å². The Hall–Kier alpha value is -0.590. The van der Waals surface area contributed by atoms with Crippen LogP contribution in [-0.2, 0) is 20.4 Å². The van der Waals surface area contributed by atoms with Crippen molar-refractivity contribution >= 4 is 38.7 Å². The molecule has 0 saturated heterocycles. The molecule has 1 aliphatic rings. The number of hydrogen-bond donors (Lipinski definition) is 1. The second-order valence-electron chi connectivity index (χ2n) is 4.49. The maximum Gasteiger partial charge on any atom is 0.235 e. The van der Waals surface area contributed by atoms with Gasteiger partial charge in [0.15, 0.2) is 9.84 Å². The van der Waals surface area contributed by atoms with Crippen LogP contribution in [0.2, 0.25) is 4.34 Å². The van der Waals surface area contributed by atoms with Gasteiger partial charge in [-0.3, -0.25) is 4.79 Å². The van der Waals surface area contributed by atoms with Crippen molar-refractivity contribution in [2.75, 3.05) is 12.3 Å². The molecule has 18 heavy (non-hydrogen) atoms. The Morgan fingerprint density at radius 1 is 1.44 bits per heavy atom. The standard InChI is InChI=1S/C11H14ClNO3S2/c12-10-4-3-9(17-10)6-18(15,16)7-11(14)13-5-8-1-2-8/h3-4,8H,1-2,5-7H2,(H,13,14). The van der Waals surface area contributed by atoms with E-state index in [4.69, 9.17) is 11.6 Å². The van der Waals surface area contributed by atoms with Gasteiger partial charge in [-0.05, 0) is 30.9 Å². The van der Waals surface area contributed by atoms with E-state index in [-0.39, 0.29) is 5.75 Å². The van der Waals surface area contributed by atoms with Gasteiger partial charge in [0, 0.05) is 11.4 Å². The minimum atomic E-state index is -3.41. The summed E-state index contributed by atoms with van der Waals surface area (Å²) < 4.78 is 24.1. The third-order valence-corrected chi connectivity index (χ3v) is 5.49. The number of nitrogens with one attached hydrogen (secondary N) is 1. The van der Waals surface area contributed by atoms with E-state index in [1.807, 2.05) is 0 Å². The largest absolute Gasteiger partial charge is 0.355 e. The molecular weight excluding hydrogens is 294 g/mol. The van der Waals surface area contributed by atoms with Crippen LogP contribution >= 0.6 is 22.9 Å². The quantitative estimate of drug-likeness (QED) is 0.872. The second kappa shape index (κ2) is 5.59. The van der Waals surface area contributed by atoms with Crippen LogP contribution < -0.4 is 5.32 Å². The molecule has 1 aromatic rings. The highest BCUT2D eigenvalue weighted by Crippen LogP contribution is 2.27. The van der Waals surface area contributed by atoms with Crippen molar-refractivity contribution in [2.45, 2.75) is 18.6 Å². The molecule has 0 spiro atoms. The Kier molecular flexibility index (Phi) is 4.29. The SMILES string of the molecule is O=C(CS(=O)(=O)Cc1ccc(Cl)s1)NCC1CC1. The van der Waals surface area contributed by atoms with Crippen molar-refractivity contribution in [3.05, 3.63) is 21.3 Å². The van der Waals surface area contributed by atoms with Crippen LogP contribution in [0.25, 0.3) is 0 Å².